The lowest BCUT2D eigenvalue weighted by Gasteiger charge is -2.40. The zero-order valence-corrected chi connectivity index (χ0v) is 9.24. The van der Waals surface area contributed by atoms with E-state index >= 15 is 0 Å². The van der Waals surface area contributed by atoms with Gasteiger partial charge in [0.05, 0.1) is 0 Å². The molecule has 2 heterocycles. The summed E-state index contributed by atoms with van der Waals surface area (Å²) in [7, 11) is 0. The summed E-state index contributed by atoms with van der Waals surface area (Å²) in [6, 6.07) is 1.18. The van der Waals surface area contributed by atoms with Crippen LogP contribution >= 0.6 is 0 Å². The molecule has 3 rings (SSSR count). The van der Waals surface area contributed by atoms with Crippen LogP contribution in [0.5, 0.6) is 0 Å². The van der Waals surface area contributed by atoms with Crippen molar-refractivity contribution in [2.24, 2.45) is 5.92 Å². The normalized spacial score (nSPS) is 37.2. The Morgan fingerprint density at radius 3 is 2.80 bits per heavy atom. The maximum atomic E-state index is 11.5. The maximum Gasteiger partial charge on any atom is 0.221 e. The minimum atomic E-state index is 0.269. The van der Waals surface area contributed by atoms with E-state index in [1.54, 1.807) is 0 Å². The van der Waals surface area contributed by atoms with Crippen molar-refractivity contribution in [1.82, 2.24) is 10.2 Å². The second-order valence-corrected chi connectivity index (χ2v) is 5.39. The van der Waals surface area contributed by atoms with Crippen molar-refractivity contribution in [1.29, 1.82) is 0 Å². The van der Waals surface area contributed by atoms with Crippen molar-refractivity contribution in [2.75, 3.05) is 13.1 Å². The molecule has 0 radical (unpaired) electrons. The Hall–Kier alpha value is -0.570. The molecule has 2 saturated heterocycles. The average molecular weight is 208 g/mol. The van der Waals surface area contributed by atoms with Crippen molar-refractivity contribution in [2.45, 2.75) is 50.6 Å². The lowest BCUT2D eigenvalue weighted by molar-refractivity contribution is -0.121. The largest absolute Gasteiger partial charge is 0.354 e. The summed E-state index contributed by atoms with van der Waals surface area (Å²) in [5.74, 6) is 1.21. The van der Waals surface area contributed by atoms with Gasteiger partial charge in [0.15, 0.2) is 0 Å². The van der Waals surface area contributed by atoms with Gasteiger partial charge in [-0.1, -0.05) is 6.42 Å². The lowest BCUT2D eigenvalue weighted by atomic mass is 9.94. The van der Waals surface area contributed by atoms with Crippen LogP contribution in [0.4, 0.5) is 0 Å². The molecule has 3 aliphatic rings. The molecule has 3 nitrogen and oxygen atoms in total. The minimum Gasteiger partial charge on any atom is -0.354 e. The van der Waals surface area contributed by atoms with E-state index in [1.165, 1.54) is 38.6 Å². The van der Waals surface area contributed by atoms with Crippen molar-refractivity contribution < 1.29 is 4.79 Å². The van der Waals surface area contributed by atoms with Gasteiger partial charge in [0.2, 0.25) is 5.91 Å². The number of piperidine rings is 1. The highest BCUT2D eigenvalue weighted by Gasteiger charge is 2.37. The number of carbonyl (C=O) groups excluding carboxylic acids is 1. The zero-order valence-electron chi connectivity index (χ0n) is 9.24. The van der Waals surface area contributed by atoms with Crippen molar-refractivity contribution in [3.63, 3.8) is 0 Å². The van der Waals surface area contributed by atoms with Crippen LogP contribution in [0.3, 0.4) is 0 Å². The molecule has 1 amide bonds. The Labute approximate surface area is 91.2 Å². The first kappa shape index (κ1) is 9.64. The van der Waals surface area contributed by atoms with Gasteiger partial charge in [0.1, 0.15) is 0 Å². The molecule has 2 bridgehead atoms. The number of rotatable bonds is 2. The molecule has 3 fully saturated rings. The quantitative estimate of drug-likeness (QED) is 0.738. The smallest absolute Gasteiger partial charge is 0.221 e. The van der Waals surface area contributed by atoms with Crippen LogP contribution in [0.2, 0.25) is 0 Å². The first-order valence-electron chi connectivity index (χ1n) is 6.35. The minimum absolute atomic E-state index is 0.269. The number of carbonyl (C=O) groups is 1. The van der Waals surface area contributed by atoms with Gasteiger partial charge in [0.25, 0.3) is 0 Å². The van der Waals surface area contributed by atoms with Crippen molar-refractivity contribution >= 4 is 5.91 Å². The van der Waals surface area contributed by atoms with Crippen LogP contribution in [-0.4, -0.2) is 36.0 Å². The summed E-state index contributed by atoms with van der Waals surface area (Å²) in [5, 5.41) is 3.06. The first-order valence-corrected chi connectivity index (χ1v) is 6.35. The highest BCUT2D eigenvalue weighted by molar-refractivity contribution is 5.77. The van der Waals surface area contributed by atoms with Gasteiger partial charge in [-0.3, -0.25) is 9.69 Å². The van der Waals surface area contributed by atoms with E-state index in [0.29, 0.717) is 12.1 Å². The summed E-state index contributed by atoms with van der Waals surface area (Å²) >= 11 is 0. The average Bonchev–Trinajstić information content (AvgIpc) is 3.02. The monoisotopic (exact) mass is 208 g/mol. The zero-order chi connectivity index (χ0) is 10.3. The first-order chi connectivity index (χ1) is 7.33. The molecule has 84 valence electrons. The molecule has 0 aromatic heterocycles. The number of nitrogens with one attached hydrogen (secondary N) is 1. The van der Waals surface area contributed by atoms with Crippen LogP contribution in [0.15, 0.2) is 0 Å². The predicted octanol–water partition coefficient (Wildman–Crippen LogP) is 1.14. The Bertz CT molecular complexity index is 262. The van der Waals surface area contributed by atoms with E-state index in [-0.39, 0.29) is 5.91 Å². The molecular formula is C12H20N2O. The standard InChI is InChI=1S/C12H20N2O/c15-12-6-10-2-1-3-11(7-13-12)14(10)8-9-4-5-9/h9-11H,1-8H2,(H,13,15)/t10-,11-/m0/s1. The van der Waals surface area contributed by atoms with Crippen LogP contribution < -0.4 is 5.32 Å². The maximum absolute atomic E-state index is 11.5. The van der Waals surface area contributed by atoms with Gasteiger partial charge in [-0.2, -0.15) is 0 Å². The second kappa shape index (κ2) is 3.78. The summed E-state index contributed by atoms with van der Waals surface area (Å²) in [4.78, 5) is 14.2. The van der Waals surface area contributed by atoms with Crippen LogP contribution in [-0.2, 0) is 4.79 Å². The van der Waals surface area contributed by atoms with E-state index < -0.39 is 0 Å². The molecule has 0 unspecified atom stereocenters. The summed E-state index contributed by atoms with van der Waals surface area (Å²) in [5.41, 5.74) is 0. The SMILES string of the molecule is O=C1C[C@@H]2CCC[C@@H](CN1)N2CC1CC1. The van der Waals surface area contributed by atoms with Gasteiger partial charge >= 0.3 is 0 Å². The van der Waals surface area contributed by atoms with Gasteiger partial charge in [-0.05, 0) is 31.6 Å². The van der Waals surface area contributed by atoms with Gasteiger partial charge < -0.3 is 5.32 Å². The van der Waals surface area contributed by atoms with E-state index in [4.69, 9.17) is 0 Å². The third kappa shape index (κ3) is 2.03. The molecule has 15 heavy (non-hydrogen) atoms. The fourth-order valence-corrected chi connectivity index (χ4v) is 3.07. The van der Waals surface area contributed by atoms with E-state index in [1.807, 2.05) is 0 Å². The van der Waals surface area contributed by atoms with Crippen molar-refractivity contribution in [3.8, 4) is 0 Å². The Morgan fingerprint density at radius 2 is 2.00 bits per heavy atom. The summed E-state index contributed by atoms with van der Waals surface area (Å²) in [6.45, 7) is 2.15. The fraction of sp³-hybridized carbons (Fsp3) is 0.917. The van der Waals surface area contributed by atoms with Crippen LogP contribution in [0, 0.1) is 5.92 Å². The number of amides is 1. The fourth-order valence-electron chi connectivity index (χ4n) is 3.07. The van der Waals surface area contributed by atoms with Crippen LogP contribution in [0.25, 0.3) is 0 Å². The summed E-state index contributed by atoms with van der Waals surface area (Å²) in [6.07, 6.45) is 7.39. The predicted molar refractivity (Wildman–Crippen MR) is 58.5 cm³/mol. The molecule has 0 aromatic rings. The second-order valence-electron chi connectivity index (χ2n) is 5.39. The van der Waals surface area contributed by atoms with Crippen molar-refractivity contribution in [3.05, 3.63) is 0 Å². The summed E-state index contributed by atoms with van der Waals surface area (Å²) < 4.78 is 0. The third-order valence-corrected chi connectivity index (χ3v) is 4.13. The number of nitrogens with zero attached hydrogens (tertiary/aromatic N) is 1. The highest BCUT2D eigenvalue weighted by Crippen LogP contribution is 2.35. The molecule has 1 aliphatic carbocycles. The number of hydrogen-bond acceptors (Lipinski definition) is 2. The number of fused-ring (bicyclic) bond motifs is 2. The molecular weight excluding hydrogens is 188 g/mol. The molecule has 1 N–H and O–H groups in total. The third-order valence-electron chi connectivity index (χ3n) is 4.13. The van der Waals surface area contributed by atoms with E-state index in [9.17, 15) is 4.79 Å². The van der Waals surface area contributed by atoms with Gasteiger partial charge in [-0.25, -0.2) is 0 Å². The molecule has 3 heteroatoms. The topological polar surface area (TPSA) is 32.3 Å². The highest BCUT2D eigenvalue weighted by atomic mass is 16.1. The van der Waals surface area contributed by atoms with Gasteiger partial charge in [0, 0.05) is 31.6 Å². The lowest BCUT2D eigenvalue weighted by Crippen LogP contribution is -2.48. The van der Waals surface area contributed by atoms with Crippen LogP contribution in [0.1, 0.15) is 38.5 Å². The van der Waals surface area contributed by atoms with E-state index in [2.05, 4.69) is 10.2 Å². The van der Waals surface area contributed by atoms with Gasteiger partial charge in [-0.15, -0.1) is 0 Å². The Morgan fingerprint density at radius 1 is 1.20 bits per heavy atom. The molecule has 0 aromatic carbocycles. The molecule has 1 saturated carbocycles. The van der Waals surface area contributed by atoms with E-state index in [0.717, 1.165) is 18.9 Å². The Kier molecular flexibility index (Phi) is 2.43. The number of hydrogen-bond donors (Lipinski definition) is 1. The molecule has 2 aliphatic heterocycles. The Balaban J connectivity index is 1.74. The molecule has 2 atom stereocenters. The molecule has 0 spiro atoms.